The molecule has 0 unspecified atom stereocenters. The van der Waals surface area contributed by atoms with Crippen LogP contribution in [0.15, 0.2) is 24.3 Å². The molecule has 88 valence electrons. The highest BCUT2D eigenvalue weighted by Gasteiger charge is 1.97. The summed E-state index contributed by atoms with van der Waals surface area (Å²) in [4.78, 5) is 10.5. The van der Waals surface area contributed by atoms with Gasteiger partial charge in [-0.15, -0.1) is 0 Å². The summed E-state index contributed by atoms with van der Waals surface area (Å²) in [6.07, 6.45) is 0.418. The Balaban J connectivity index is 2.09. The number of carbonyl (C=O) groups excluding carboxylic acids is 1. The number of nitrogens with two attached hydrogens (primary N) is 1. The molecular weight excluding hydrogens is 246 g/mol. The molecule has 0 aliphatic heterocycles. The number of halogens is 1. The Hall–Kier alpha value is -0.870. The fourth-order valence-electron chi connectivity index (χ4n) is 1.05. The summed E-state index contributed by atoms with van der Waals surface area (Å²) in [6.45, 7) is 0.601. The molecular formula is C11H14ClNO2S. The molecule has 0 bridgehead atoms. The number of ether oxygens (including phenoxy) is 1. The second kappa shape index (κ2) is 7.41. The monoisotopic (exact) mass is 259 g/mol. The maximum atomic E-state index is 10.5. The molecule has 1 rings (SSSR count). The Bertz CT molecular complexity index is 347. The lowest BCUT2D eigenvalue weighted by Gasteiger charge is -2.05. The van der Waals surface area contributed by atoms with Crippen LogP contribution in [-0.4, -0.2) is 24.0 Å². The lowest BCUT2D eigenvalue weighted by atomic mass is 10.3. The third-order valence-electron chi connectivity index (χ3n) is 1.79. The van der Waals surface area contributed by atoms with Crippen molar-refractivity contribution in [3.63, 3.8) is 0 Å². The molecule has 2 N–H and O–H groups in total. The molecule has 5 heteroatoms. The number of carbonyl (C=O) groups is 1. The van der Waals surface area contributed by atoms with Crippen LogP contribution >= 0.6 is 23.4 Å². The van der Waals surface area contributed by atoms with Crippen molar-refractivity contribution in [2.45, 2.75) is 6.42 Å². The number of hydrogen-bond donors (Lipinski definition) is 1. The minimum Gasteiger partial charge on any atom is -0.493 e. The zero-order valence-corrected chi connectivity index (χ0v) is 10.4. The van der Waals surface area contributed by atoms with Crippen molar-refractivity contribution in [3.05, 3.63) is 29.3 Å². The fourth-order valence-corrected chi connectivity index (χ4v) is 1.98. The van der Waals surface area contributed by atoms with Crippen molar-refractivity contribution >= 4 is 29.3 Å². The van der Waals surface area contributed by atoms with Crippen molar-refractivity contribution in [2.75, 3.05) is 18.1 Å². The zero-order chi connectivity index (χ0) is 11.8. The minimum atomic E-state index is -0.261. The van der Waals surface area contributed by atoms with Crippen molar-refractivity contribution in [3.8, 4) is 5.75 Å². The van der Waals surface area contributed by atoms with E-state index in [4.69, 9.17) is 22.1 Å². The van der Waals surface area contributed by atoms with Crippen LogP contribution in [0.1, 0.15) is 6.42 Å². The molecule has 0 fully saturated rings. The number of hydrogen-bond acceptors (Lipinski definition) is 3. The molecule has 0 radical (unpaired) electrons. The molecule has 1 aromatic carbocycles. The topological polar surface area (TPSA) is 52.3 Å². The largest absolute Gasteiger partial charge is 0.493 e. The van der Waals surface area contributed by atoms with Crippen LogP contribution in [-0.2, 0) is 4.79 Å². The molecule has 0 aromatic heterocycles. The van der Waals surface area contributed by atoms with Gasteiger partial charge in [-0.2, -0.15) is 11.8 Å². The van der Waals surface area contributed by atoms with Gasteiger partial charge in [0, 0.05) is 22.9 Å². The van der Waals surface area contributed by atoms with Crippen LogP contribution < -0.4 is 10.5 Å². The summed E-state index contributed by atoms with van der Waals surface area (Å²) in [5, 5.41) is 0.666. The Morgan fingerprint density at radius 3 is 2.94 bits per heavy atom. The van der Waals surface area contributed by atoms with Crippen molar-refractivity contribution < 1.29 is 9.53 Å². The van der Waals surface area contributed by atoms with Gasteiger partial charge in [0.1, 0.15) is 5.75 Å². The fraction of sp³-hybridized carbons (Fsp3) is 0.364. The van der Waals surface area contributed by atoms with E-state index in [2.05, 4.69) is 0 Å². The maximum absolute atomic E-state index is 10.5. The van der Waals surface area contributed by atoms with E-state index in [0.717, 1.165) is 17.3 Å². The van der Waals surface area contributed by atoms with Crippen molar-refractivity contribution in [1.29, 1.82) is 0 Å². The molecule has 0 heterocycles. The normalized spacial score (nSPS) is 10.1. The molecule has 0 saturated carbocycles. The van der Waals surface area contributed by atoms with Gasteiger partial charge >= 0.3 is 0 Å². The Kier molecular flexibility index (Phi) is 6.11. The third kappa shape index (κ3) is 5.88. The Morgan fingerprint density at radius 2 is 2.25 bits per heavy atom. The quantitative estimate of drug-likeness (QED) is 0.765. The first-order chi connectivity index (χ1) is 7.68. The predicted molar refractivity (Wildman–Crippen MR) is 68.1 cm³/mol. The third-order valence-corrected chi connectivity index (χ3v) is 2.97. The number of benzene rings is 1. The Labute approximate surface area is 104 Å². The molecule has 16 heavy (non-hydrogen) atoms. The number of thioether (sulfide) groups is 1. The number of amides is 1. The van der Waals surface area contributed by atoms with Gasteiger partial charge in [-0.25, -0.2) is 0 Å². The van der Waals surface area contributed by atoms with Gasteiger partial charge < -0.3 is 10.5 Å². The second-order valence-corrected chi connectivity index (χ2v) is 4.80. The van der Waals surface area contributed by atoms with Gasteiger partial charge in [-0.3, -0.25) is 4.79 Å². The second-order valence-electron chi connectivity index (χ2n) is 3.13. The van der Waals surface area contributed by atoms with Crippen LogP contribution in [0.4, 0.5) is 0 Å². The molecule has 0 atom stereocenters. The average Bonchev–Trinajstić information content (AvgIpc) is 2.23. The van der Waals surface area contributed by atoms with E-state index in [1.54, 1.807) is 23.9 Å². The predicted octanol–water partition coefficient (Wildman–Crippen LogP) is 2.33. The summed E-state index contributed by atoms with van der Waals surface area (Å²) in [7, 11) is 0. The summed E-state index contributed by atoms with van der Waals surface area (Å²) in [5.41, 5.74) is 5.02. The van der Waals surface area contributed by atoms with Crippen molar-refractivity contribution in [2.24, 2.45) is 5.73 Å². The van der Waals surface area contributed by atoms with Crippen LogP contribution in [0.25, 0.3) is 0 Å². The summed E-state index contributed by atoms with van der Waals surface area (Å²) in [6, 6.07) is 7.28. The van der Waals surface area contributed by atoms with E-state index in [9.17, 15) is 4.79 Å². The molecule has 3 nitrogen and oxygen atoms in total. The van der Waals surface area contributed by atoms with E-state index in [1.165, 1.54) is 0 Å². The molecule has 0 saturated heterocycles. The van der Waals surface area contributed by atoms with Crippen LogP contribution in [0, 0.1) is 0 Å². The number of primary amides is 1. The van der Waals surface area contributed by atoms with Gasteiger partial charge in [0.25, 0.3) is 0 Å². The highest BCUT2D eigenvalue weighted by atomic mass is 35.5. The summed E-state index contributed by atoms with van der Waals surface area (Å²) < 4.78 is 5.47. The average molecular weight is 260 g/mol. The summed E-state index contributed by atoms with van der Waals surface area (Å²) in [5.74, 6) is 2.08. The SMILES string of the molecule is NC(=O)CCSCCOc1cccc(Cl)c1. The zero-order valence-electron chi connectivity index (χ0n) is 8.82. The lowest BCUT2D eigenvalue weighted by molar-refractivity contribution is -0.117. The van der Waals surface area contributed by atoms with Gasteiger partial charge in [0.15, 0.2) is 0 Å². The van der Waals surface area contributed by atoms with Gasteiger partial charge in [-0.1, -0.05) is 17.7 Å². The van der Waals surface area contributed by atoms with Crippen LogP contribution in [0.3, 0.4) is 0 Å². The van der Waals surface area contributed by atoms with E-state index in [-0.39, 0.29) is 5.91 Å². The van der Waals surface area contributed by atoms with E-state index in [0.29, 0.717) is 18.1 Å². The minimum absolute atomic E-state index is 0.261. The first kappa shape index (κ1) is 13.2. The smallest absolute Gasteiger partial charge is 0.218 e. The van der Waals surface area contributed by atoms with E-state index < -0.39 is 0 Å². The van der Waals surface area contributed by atoms with Crippen LogP contribution in [0.2, 0.25) is 5.02 Å². The highest BCUT2D eigenvalue weighted by Crippen LogP contribution is 2.17. The van der Waals surface area contributed by atoms with Crippen molar-refractivity contribution in [1.82, 2.24) is 0 Å². The van der Waals surface area contributed by atoms with Crippen LogP contribution in [0.5, 0.6) is 5.75 Å². The number of rotatable bonds is 7. The Morgan fingerprint density at radius 1 is 1.44 bits per heavy atom. The molecule has 1 amide bonds. The van der Waals surface area contributed by atoms with E-state index >= 15 is 0 Å². The highest BCUT2D eigenvalue weighted by molar-refractivity contribution is 7.99. The standard InChI is InChI=1S/C11H14ClNO2S/c12-9-2-1-3-10(8-9)15-5-7-16-6-4-11(13)14/h1-3,8H,4-7H2,(H2,13,14). The summed E-state index contributed by atoms with van der Waals surface area (Å²) >= 11 is 7.45. The first-order valence-electron chi connectivity index (χ1n) is 4.93. The first-order valence-corrected chi connectivity index (χ1v) is 6.46. The maximum Gasteiger partial charge on any atom is 0.218 e. The lowest BCUT2D eigenvalue weighted by Crippen LogP contribution is -2.11. The van der Waals surface area contributed by atoms with Gasteiger partial charge in [0.05, 0.1) is 6.61 Å². The molecule has 0 spiro atoms. The molecule has 1 aromatic rings. The molecule has 0 aliphatic carbocycles. The van der Waals surface area contributed by atoms with Gasteiger partial charge in [-0.05, 0) is 18.2 Å². The van der Waals surface area contributed by atoms with Gasteiger partial charge in [0.2, 0.25) is 5.91 Å². The molecule has 0 aliphatic rings. The van der Waals surface area contributed by atoms with E-state index in [1.807, 2.05) is 12.1 Å².